The number of hydrogen-bond acceptors (Lipinski definition) is 6. The maximum absolute atomic E-state index is 14.5. The first kappa shape index (κ1) is 28.2. The molecule has 1 saturated carbocycles. The lowest BCUT2D eigenvalue weighted by Gasteiger charge is -2.10. The van der Waals surface area contributed by atoms with Gasteiger partial charge in [0.1, 0.15) is 12.2 Å². The van der Waals surface area contributed by atoms with Crippen molar-refractivity contribution in [3.05, 3.63) is 72.0 Å². The van der Waals surface area contributed by atoms with Gasteiger partial charge < -0.3 is 15.4 Å². The molecule has 0 spiro atoms. The van der Waals surface area contributed by atoms with E-state index in [1.807, 2.05) is 26.8 Å². The molecule has 0 saturated heterocycles. The van der Waals surface area contributed by atoms with E-state index in [9.17, 15) is 18.8 Å². The number of anilines is 1. The van der Waals surface area contributed by atoms with Crippen LogP contribution in [0.15, 0.2) is 60.5 Å². The number of carbonyl (C=O) groups excluding carboxylic acids is 3. The summed E-state index contributed by atoms with van der Waals surface area (Å²) in [7, 11) is 0. The summed E-state index contributed by atoms with van der Waals surface area (Å²) < 4.78 is 21.5. The number of fused-ring (bicyclic) bond motifs is 1. The predicted octanol–water partition coefficient (Wildman–Crippen LogP) is 5.27. The number of aromatic nitrogens is 3. The molecule has 200 valence electrons. The van der Waals surface area contributed by atoms with Crippen LogP contribution in [0.5, 0.6) is 11.6 Å². The fourth-order valence-corrected chi connectivity index (χ4v) is 3.42. The molecule has 0 atom stereocenters. The molecule has 38 heavy (non-hydrogen) atoms. The van der Waals surface area contributed by atoms with Crippen LogP contribution in [0.3, 0.4) is 0 Å². The number of rotatable bonds is 9. The van der Waals surface area contributed by atoms with Crippen LogP contribution < -0.4 is 15.4 Å². The zero-order valence-electron chi connectivity index (χ0n) is 22.0. The third kappa shape index (κ3) is 8.65. The number of ether oxygens (including phenoxy) is 1. The largest absolute Gasteiger partial charge is 0.434 e. The molecule has 3 aromatic rings. The molecule has 9 nitrogen and oxygen atoms in total. The van der Waals surface area contributed by atoms with E-state index in [1.54, 1.807) is 41.9 Å². The summed E-state index contributed by atoms with van der Waals surface area (Å²) >= 11 is 0. The molecule has 1 aromatic carbocycles. The SMILES string of the molecule is C/C=C\C(=C/CC)NC(=O)CC(=O)Nc1ccc(Oc2ccc3nc(C)cn3n2)c(F)c1.CC(=O)C1CC1. The zero-order valence-corrected chi connectivity index (χ0v) is 22.0. The minimum Gasteiger partial charge on any atom is -0.434 e. The summed E-state index contributed by atoms with van der Waals surface area (Å²) in [5.41, 5.74) is 2.28. The lowest BCUT2D eigenvalue weighted by Crippen LogP contribution is -2.27. The summed E-state index contributed by atoms with van der Waals surface area (Å²) in [6, 6.07) is 7.28. The van der Waals surface area contributed by atoms with Crippen LogP contribution in [0.2, 0.25) is 0 Å². The van der Waals surface area contributed by atoms with Crippen molar-refractivity contribution in [2.45, 2.75) is 53.4 Å². The van der Waals surface area contributed by atoms with Crippen molar-refractivity contribution in [2.75, 3.05) is 5.32 Å². The normalized spacial score (nSPS) is 13.1. The highest BCUT2D eigenvalue weighted by Gasteiger charge is 2.25. The Bertz CT molecular complexity index is 1370. The molecule has 2 heterocycles. The van der Waals surface area contributed by atoms with Gasteiger partial charge in [-0.15, -0.1) is 5.10 Å². The van der Waals surface area contributed by atoms with E-state index in [2.05, 4.69) is 20.7 Å². The van der Waals surface area contributed by atoms with Gasteiger partial charge in [-0.3, -0.25) is 14.4 Å². The minimum absolute atomic E-state index is 0.0508. The number of aryl methyl sites for hydroxylation is 1. The number of nitrogens with zero attached hydrogens (tertiary/aromatic N) is 3. The Hall–Kier alpha value is -4.34. The molecular weight excluding hydrogens is 489 g/mol. The Labute approximate surface area is 220 Å². The molecule has 0 aliphatic heterocycles. The highest BCUT2D eigenvalue weighted by molar-refractivity contribution is 6.04. The number of hydrogen-bond donors (Lipinski definition) is 2. The van der Waals surface area contributed by atoms with E-state index in [0.717, 1.165) is 31.0 Å². The first-order valence-electron chi connectivity index (χ1n) is 12.4. The fraction of sp³-hybridized carbons (Fsp3) is 0.321. The molecule has 1 aliphatic carbocycles. The number of nitrogens with one attached hydrogen (secondary N) is 2. The lowest BCUT2D eigenvalue weighted by atomic mass is 10.2. The molecule has 0 unspecified atom stereocenters. The maximum atomic E-state index is 14.5. The standard InChI is InChI=1S/C23H24FN5O3.C5H8O/c1-4-6-16(7-5-2)26-21(30)13-22(31)27-17-8-9-19(18(24)12-17)32-23-11-10-20-25-15(3)14-29(20)28-23;1-4(6)5-2-3-5/h4,6-12,14H,5,13H2,1-3H3,(H,26,30)(H,27,31);5H,2-3H2,1H3/b6-4-,16-7+;. The van der Waals surface area contributed by atoms with Gasteiger partial charge in [0.15, 0.2) is 17.2 Å². The Morgan fingerprint density at radius 3 is 2.55 bits per heavy atom. The van der Waals surface area contributed by atoms with E-state index in [4.69, 9.17) is 4.74 Å². The van der Waals surface area contributed by atoms with Crippen LogP contribution in [-0.4, -0.2) is 32.2 Å². The highest BCUT2D eigenvalue weighted by Crippen LogP contribution is 2.29. The van der Waals surface area contributed by atoms with Crippen molar-refractivity contribution in [1.82, 2.24) is 19.9 Å². The van der Waals surface area contributed by atoms with Crippen molar-refractivity contribution in [3.63, 3.8) is 0 Å². The van der Waals surface area contributed by atoms with Crippen LogP contribution >= 0.6 is 0 Å². The van der Waals surface area contributed by atoms with Gasteiger partial charge in [0.05, 0.1) is 11.9 Å². The first-order valence-corrected chi connectivity index (χ1v) is 12.4. The van der Waals surface area contributed by atoms with Crippen LogP contribution in [-0.2, 0) is 14.4 Å². The Morgan fingerprint density at radius 2 is 1.95 bits per heavy atom. The smallest absolute Gasteiger partial charge is 0.237 e. The molecule has 0 bridgehead atoms. The summed E-state index contributed by atoms with van der Waals surface area (Å²) in [4.78, 5) is 38.7. The van der Waals surface area contributed by atoms with Crippen LogP contribution in [0.4, 0.5) is 10.1 Å². The van der Waals surface area contributed by atoms with Crippen molar-refractivity contribution < 1.29 is 23.5 Å². The van der Waals surface area contributed by atoms with Gasteiger partial charge in [-0.25, -0.2) is 13.9 Å². The van der Waals surface area contributed by atoms with E-state index in [1.165, 1.54) is 12.1 Å². The Kier molecular flexibility index (Phi) is 9.86. The molecule has 0 radical (unpaired) electrons. The van der Waals surface area contributed by atoms with E-state index < -0.39 is 24.1 Å². The minimum atomic E-state index is -0.683. The van der Waals surface area contributed by atoms with Gasteiger partial charge in [0.25, 0.3) is 0 Å². The third-order valence-corrected chi connectivity index (χ3v) is 5.37. The number of benzene rings is 1. The first-order chi connectivity index (χ1) is 18.2. The van der Waals surface area contributed by atoms with Crippen LogP contribution in [0.1, 0.15) is 52.1 Å². The lowest BCUT2D eigenvalue weighted by molar-refractivity contribution is -0.126. The monoisotopic (exact) mass is 521 g/mol. The van der Waals surface area contributed by atoms with Crippen molar-refractivity contribution in [1.29, 1.82) is 0 Å². The van der Waals surface area contributed by atoms with Crippen molar-refractivity contribution in [3.8, 4) is 11.6 Å². The number of Topliss-reactive ketones (excluding diaryl/α,β-unsaturated/α-hetero) is 1. The maximum Gasteiger partial charge on any atom is 0.237 e. The quantitative estimate of drug-likeness (QED) is 0.293. The second kappa shape index (κ2) is 13.3. The van der Waals surface area contributed by atoms with Crippen molar-refractivity contribution >= 4 is 28.9 Å². The second-order valence-corrected chi connectivity index (χ2v) is 8.83. The van der Waals surface area contributed by atoms with Gasteiger partial charge in [0, 0.05) is 29.4 Å². The summed E-state index contributed by atoms with van der Waals surface area (Å²) in [5, 5.41) is 9.40. The van der Waals surface area contributed by atoms with Gasteiger partial charge in [0.2, 0.25) is 17.7 Å². The molecule has 2 aromatic heterocycles. The fourth-order valence-electron chi connectivity index (χ4n) is 3.42. The molecule has 1 aliphatic rings. The third-order valence-electron chi connectivity index (χ3n) is 5.37. The molecular formula is C28H32FN5O4. The predicted molar refractivity (Wildman–Crippen MR) is 142 cm³/mol. The van der Waals surface area contributed by atoms with E-state index in [0.29, 0.717) is 23.0 Å². The van der Waals surface area contributed by atoms with Crippen LogP contribution in [0.25, 0.3) is 5.65 Å². The highest BCUT2D eigenvalue weighted by atomic mass is 19.1. The topological polar surface area (TPSA) is 115 Å². The van der Waals surface area contributed by atoms with Crippen LogP contribution in [0, 0.1) is 18.7 Å². The van der Waals surface area contributed by atoms with Gasteiger partial charge in [-0.05, 0) is 64.3 Å². The Morgan fingerprint density at radius 1 is 1.18 bits per heavy atom. The summed E-state index contributed by atoms with van der Waals surface area (Å²) in [6.45, 7) is 7.28. The molecule has 10 heteroatoms. The van der Waals surface area contributed by atoms with E-state index in [-0.39, 0.29) is 17.3 Å². The zero-order chi connectivity index (χ0) is 27.7. The van der Waals surface area contributed by atoms with Gasteiger partial charge in [-0.1, -0.05) is 19.1 Å². The number of carbonyl (C=O) groups is 3. The number of allylic oxidation sites excluding steroid dienone is 3. The number of ketones is 1. The number of imidazole rings is 1. The van der Waals surface area contributed by atoms with Crippen molar-refractivity contribution in [2.24, 2.45) is 5.92 Å². The molecule has 4 rings (SSSR count). The molecule has 2 amide bonds. The molecule has 1 fully saturated rings. The summed E-state index contributed by atoms with van der Waals surface area (Å²) in [5.74, 6) is -0.729. The van der Waals surface area contributed by atoms with E-state index >= 15 is 0 Å². The number of halogens is 1. The summed E-state index contributed by atoms with van der Waals surface area (Å²) in [6.07, 6.45) is 9.74. The average Bonchev–Trinajstić information content (AvgIpc) is 3.63. The van der Waals surface area contributed by atoms with Gasteiger partial charge in [-0.2, -0.15) is 0 Å². The molecule has 2 N–H and O–H groups in total. The van der Waals surface area contributed by atoms with Gasteiger partial charge >= 0.3 is 0 Å². The Balaban J connectivity index is 0.000000585. The number of amides is 2. The average molecular weight is 522 g/mol. The second-order valence-electron chi connectivity index (χ2n) is 8.83.